The second-order valence-electron chi connectivity index (χ2n) is 7.34. The number of carbonyl (C=O) groups excluding carboxylic acids is 1. The Hall–Kier alpha value is -2.80. The molecule has 2 aromatic rings. The number of nitrogens with zero attached hydrogens (tertiary/aromatic N) is 3. The van der Waals surface area contributed by atoms with Gasteiger partial charge in [-0.2, -0.15) is 5.10 Å². The first-order valence-electron chi connectivity index (χ1n) is 9.97. The van der Waals surface area contributed by atoms with E-state index in [2.05, 4.69) is 44.6 Å². The van der Waals surface area contributed by atoms with Crippen LogP contribution < -0.4 is 10.7 Å². The fourth-order valence-corrected chi connectivity index (χ4v) is 3.93. The molecule has 1 aliphatic carbocycles. The summed E-state index contributed by atoms with van der Waals surface area (Å²) >= 11 is 0. The zero-order chi connectivity index (χ0) is 19.5. The molecular formula is C21H26N6O. The fraction of sp³-hybridized carbons (Fsp3) is 0.429. The molecule has 0 atom stereocenters. The maximum Gasteiger partial charge on any atom is 0.273 e. The Balaban J connectivity index is 1.72. The Labute approximate surface area is 164 Å². The number of likely N-dealkylation sites (N-methyl/N-ethyl adjacent to an activating group) is 1. The topological polar surface area (TPSA) is 95.1 Å². The lowest BCUT2D eigenvalue weighted by Crippen LogP contribution is -2.18. The smallest absolute Gasteiger partial charge is 0.273 e. The highest BCUT2D eigenvalue weighted by Crippen LogP contribution is 2.41. The van der Waals surface area contributed by atoms with Crippen molar-refractivity contribution >= 4 is 17.7 Å². The second kappa shape index (κ2) is 8.06. The lowest BCUT2D eigenvalue weighted by molar-refractivity contribution is -0.116. The Morgan fingerprint density at radius 3 is 2.86 bits per heavy atom. The highest BCUT2D eigenvalue weighted by Gasteiger charge is 2.30. The van der Waals surface area contributed by atoms with Crippen molar-refractivity contribution in [2.45, 2.75) is 45.4 Å². The van der Waals surface area contributed by atoms with Gasteiger partial charge in [-0.05, 0) is 62.4 Å². The van der Waals surface area contributed by atoms with E-state index in [1.807, 2.05) is 6.08 Å². The van der Waals surface area contributed by atoms with Crippen molar-refractivity contribution in [3.8, 4) is 0 Å². The maximum absolute atomic E-state index is 12.5. The summed E-state index contributed by atoms with van der Waals surface area (Å²) in [4.78, 5) is 24.4. The number of hydrogen-bond donors (Lipinski definition) is 3. The molecule has 1 aliphatic heterocycles. The normalized spacial score (nSPS) is 18.3. The van der Waals surface area contributed by atoms with Crippen LogP contribution in [-0.4, -0.2) is 39.7 Å². The summed E-state index contributed by atoms with van der Waals surface area (Å²) in [6.07, 6.45) is 11.5. The predicted molar refractivity (Wildman–Crippen MR) is 109 cm³/mol. The van der Waals surface area contributed by atoms with Crippen LogP contribution in [0.5, 0.6) is 0 Å². The van der Waals surface area contributed by atoms with Gasteiger partial charge in [-0.3, -0.25) is 14.8 Å². The van der Waals surface area contributed by atoms with Gasteiger partial charge in [-0.25, -0.2) is 5.43 Å². The van der Waals surface area contributed by atoms with Crippen LogP contribution in [0.4, 0.5) is 0 Å². The van der Waals surface area contributed by atoms with Crippen LogP contribution in [0, 0.1) is 6.92 Å². The van der Waals surface area contributed by atoms with Crippen LogP contribution in [0.2, 0.25) is 0 Å². The molecule has 146 valence electrons. The van der Waals surface area contributed by atoms with Gasteiger partial charge in [0.05, 0.1) is 11.8 Å². The molecule has 3 N–H and O–H groups in total. The van der Waals surface area contributed by atoms with E-state index >= 15 is 0 Å². The first-order valence-corrected chi connectivity index (χ1v) is 9.97. The van der Waals surface area contributed by atoms with Gasteiger partial charge in [0, 0.05) is 23.8 Å². The third-order valence-corrected chi connectivity index (χ3v) is 5.57. The number of hydrazone groups is 1. The minimum atomic E-state index is -0.207. The van der Waals surface area contributed by atoms with E-state index in [0.29, 0.717) is 22.9 Å². The van der Waals surface area contributed by atoms with Gasteiger partial charge in [0.25, 0.3) is 5.91 Å². The highest BCUT2D eigenvalue weighted by molar-refractivity contribution is 6.32. The molecule has 4 rings (SSSR count). The highest BCUT2D eigenvalue weighted by atomic mass is 16.2. The van der Waals surface area contributed by atoms with Gasteiger partial charge in [-0.1, -0.05) is 13.3 Å². The molecule has 1 fully saturated rings. The minimum absolute atomic E-state index is 0.207. The summed E-state index contributed by atoms with van der Waals surface area (Å²) in [5.41, 5.74) is 9.19. The second-order valence-corrected chi connectivity index (χ2v) is 7.34. The maximum atomic E-state index is 12.5. The summed E-state index contributed by atoms with van der Waals surface area (Å²) in [5.74, 6) is 0.358. The van der Waals surface area contributed by atoms with Crippen LogP contribution in [-0.2, 0) is 11.2 Å². The number of hydrogen-bond acceptors (Lipinski definition) is 5. The van der Waals surface area contributed by atoms with Crippen molar-refractivity contribution < 1.29 is 4.79 Å². The fourth-order valence-electron chi connectivity index (χ4n) is 3.93. The van der Waals surface area contributed by atoms with Crippen molar-refractivity contribution in [2.75, 3.05) is 13.1 Å². The van der Waals surface area contributed by atoms with Gasteiger partial charge in [0.15, 0.2) is 0 Å². The van der Waals surface area contributed by atoms with Gasteiger partial charge in [0.2, 0.25) is 0 Å². The van der Waals surface area contributed by atoms with E-state index < -0.39 is 0 Å². The molecule has 0 bridgehead atoms. The lowest BCUT2D eigenvalue weighted by atomic mass is 9.77. The van der Waals surface area contributed by atoms with Crippen LogP contribution >= 0.6 is 0 Å². The number of aromatic amines is 1. The molecule has 0 saturated heterocycles. The molecule has 0 aromatic carbocycles. The molecule has 0 spiro atoms. The van der Waals surface area contributed by atoms with Gasteiger partial charge >= 0.3 is 0 Å². The summed E-state index contributed by atoms with van der Waals surface area (Å²) in [7, 11) is 0. The van der Waals surface area contributed by atoms with Crippen molar-refractivity contribution in [1.29, 1.82) is 0 Å². The van der Waals surface area contributed by atoms with E-state index in [4.69, 9.17) is 0 Å². The average molecular weight is 378 g/mol. The number of amides is 1. The van der Waals surface area contributed by atoms with Gasteiger partial charge in [-0.15, -0.1) is 0 Å². The monoisotopic (exact) mass is 378 g/mol. The van der Waals surface area contributed by atoms with Crippen LogP contribution in [0.15, 0.2) is 29.3 Å². The lowest BCUT2D eigenvalue weighted by Gasteiger charge is -2.27. The third-order valence-electron chi connectivity index (χ3n) is 5.57. The van der Waals surface area contributed by atoms with Crippen LogP contribution in [0.1, 0.15) is 60.3 Å². The zero-order valence-corrected chi connectivity index (χ0v) is 16.4. The summed E-state index contributed by atoms with van der Waals surface area (Å²) in [6.45, 7) is 6.17. The van der Waals surface area contributed by atoms with Crippen LogP contribution in [0.3, 0.4) is 0 Å². The molecule has 3 heterocycles. The molecule has 2 aliphatic rings. The van der Waals surface area contributed by atoms with Crippen molar-refractivity contribution in [3.05, 3.63) is 52.4 Å². The third kappa shape index (κ3) is 3.49. The predicted octanol–water partition coefficient (Wildman–Crippen LogP) is 2.45. The zero-order valence-electron chi connectivity index (χ0n) is 16.4. The van der Waals surface area contributed by atoms with Crippen molar-refractivity contribution in [1.82, 2.24) is 25.7 Å². The first-order chi connectivity index (χ1) is 13.7. The Morgan fingerprint density at radius 2 is 2.18 bits per heavy atom. The van der Waals surface area contributed by atoms with Gasteiger partial charge in [0.1, 0.15) is 11.4 Å². The number of aromatic nitrogens is 3. The number of rotatable bonds is 7. The van der Waals surface area contributed by atoms with E-state index in [-0.39, 0.29) is 5.91 Å². The van der Waals surface area contributed by atoms with E-state index in [1.165, 1.54) is 36.1 Å². The van der Waals surface area contributed by atoms with Gasteiger partial charge < -0.3 is 10.3 Å². The van der Waals surface area contributed by atoms with E-state index in [0.717, 1.165) is 25.2 Å². The standard InChI is InChI=1S/C21H26N6O/c1-3-22-8-7-15-13(2)25-17(19(15)14-5-4-6-14)11-16-20(26-27-21(16)28)18-12-23-9-10-24-18/h9-12,14,22,25H,3-8H2,1-2H3,(H,27,28). The first kappa shape index (κ1) is 18.6. The Kier molecular flexibility index (Phi) is 5.34. The molecule has 7 nitrogen and oxygen atoms in total. The van der Waals surface area contributed by atoms with E-state index in [1.54, 1.807) is 18.6 Å². The van der Waals surface area contributed by atoms with Crippen molar-refractivity contribution in [3.63, 3.8) is 0 Å². The largest absolute Gasteiger partial charge is 0.359 e. The summed E-state index contributed by atoms with van der Waals surface area (Å²) in [6, 6.07) is 0. The minimum Gasteiger partial charge on any atom is -0.359 e. The average Bonchev–Trinajstić information content (AvgIpc) is 3.16. The molecule has 1 amide bonds. The number of nitrogens with one attached hydrogen (secondary N) is 3. The molecule has 1 saturated carbocycles. The number of H-pyrrole nitrogens is 1. The Morgan fingerprint density at radius 1 is 1.32 bits per heavy atom. The summed E-state index contributed by atoms with van der Waals surface area (Å²) in [5, 5.41) is 7.60. The molecule has 28 heavy (non-hydrogen) atoms. The molecule has 0 unspecified atom stereocenters. The Bertz CT molecular complexity index is 924. The molecule has 2 aromatic heterocycles. The SMILES string of the molecule is CCNCCc1c(C)[nH]c(C=C2C(=O)NN=C2c2cnccn2)c1C1CCC1. The summed E-state index contributed by atoms with van der Waals surface area (Å²) < 4.78 is 0. The van der Waals surface area contributed by atoms with Crippen LogP contribution in [0.25, 0.3) is 6.08 Å². The molecule has 7 heteroatoms. The molecular weight excluding hydrogens is 352 g/mol. The van der Waals surface area contributed by atoms with Crippen molar-refractivity contribution in [2.24, 2.45) is 5.10 Å². The number of carbonyl (C=O) groups is 1. The number of aryl methyl sites for hydroxylation is 1. The van der Waals surface area contributed by atoms with E-state index in [9.17, 15) is 4.79 Å². The quantitative estimate of drug-likeness (QED) is 0.509. The molecule has 0 radical (unpaired) electrons.